The number of rotatable bonds is 8. The van der Waals surface area contributed by atoms with Crippen molar-refractivity contribution < 1.29 is 23.8 Å². The van der Waals surface area contributed by atoms with Gasteiger partial charge in [-0.25, -0.2) is 9.18 Å². The third-order valence-corrected chi connectivity index (χ3v) is 5.65. The van der Waals surface area contributed by atoms with Crippen molar-refractivity contribution in [2.75, 3.05) is 12.4 Å². The van der Waals surface area contributed by atoms with E-state index >= 15 is 0 Å². The van der Waals surface area contributed by atoms with Crippen LogP contribution < -0.4 is 14.8 Å². The second kappa shape index (κ2) is 9.79. The molecule has 0 amide bonds. The van der Waals surface area contributed by atoms with Gasteiger partial charge < -0.3 is 19.9 Å². The first-order valence-electron chi connectivity index (χ1n) is 10.2. The number of benzene rings is 4. The molecular weight excluding hydrogens is 445 g/mol. The largest absolute Gasteiger partial charge is 0.495 e. The summed E-state index contributed by atoms with van der Waals surface area (Å²) in [5.74, 6) is -0.265. The Morgan fingerprint density at radius 1 is 1.03 bits per heavy atom. The maximum atomic E-state index is 13.4. The molecule has 0 aliphatic carbocycles. The molecule has 0 saturated heterocycles. The van der Waals surface area contributed by atoms with Crippen LogP contribution in [0.3, 0.4) is 0 Å². The number of carbonyl (C=O) groups is 1. The number of aromatic carboxylic acids is 1. The van der Waals surface area contributed by atoms with Crippen molar-refractivity contribution in [3.63, 3.8) is 0 Å². The number of methoxy groups -OCH3 is 1. The fraction of sp³-hybridized carbons (Fsp3) is 0.115. The van der Waals surface area contributed by atoms with Crippen LogP contribution in [0.1, 0.15) is 21.5 Å². The molecule has 2 N–H and O–H groups in total. The first-order valence-corrected chi connectivity index (χ1v) is 10.6. The highest BCUT2D eigenvalue weighted by Gasteiger charge is 2.13. The number of carboxylic acid groups (broad SMARTS) is 1. The Kier molecular flexibility index (Phi) is 6.66. The second-order valence-corrected chi connectivity index (χ2v) is 7.77. The molecule has 0 aliphatic heterocycles. The molecule has 33 heavy (non-hydrogen) atoms. The minimum absolute atomic E-state index is 0.152. The van der Waals surface area contributed by atoms with Crippen molar-refractivity contribution in [3.8, 4) is 11.5 Å². The SMILES string of the molecule is COc1ccc(C(=O)O)cc1NCc1c(OCc2ccc(F)cc2Cl)ccc2ccccc12. The fourth-order valence-corrected chi connectivity index (χ4v) is 3.81. The van der Waals surface area contributed by atoms with Gasteiger partial charge in [0.05, 0.1) is 23.4 Å². The van der Waals surface area contributed by atoms with Crippen LogP contribution in [-0.4, -0.2) is 18.2 Å². The van der Waals surface area contributed by atoms with Crippen molar-refractivity contribution in [1.29, 1.82) is 0 Å². The molecule has 4 aromatic carbocycles. The molecule has 0 bridgehead atoms. The third kappa shape index (κ3) is 5.02. The molecule has 4 aromatic rings. The predicted octanol–water partition coefficient (Wildman–Crippen LogP) is 6.53. The Morgan fingerprint density at radius 3 is 2.58 bits per heavy atom. The van der Waals surface area contributed by atoms with Gasteiger partial charge in [0, 0.05) is 17.7 Å². The van der Waals surface area contributed by atoms with Gasteiger partial charge in [-0.05, 0) is 47.2 Å². The van der Waals surface area contributed by atoms with E-state index in [-0.39, 0.29) is 12.2 Å². The molecule has 0 atom stereocenters. The molecular formula is C26H21ClFNO4. The van der Waals surface area contributed by atoms with Gasteiger partial charge in [-0.2, -0.15) is 0 Å². The fourth-order valence-electron chi connectivity index (χ4n) is 3.59. The molecule has 5 nitrogen and oxygen atoms in total. The quantitative estimate of drug-likeness (QED) is 0.309. The summed E-state index contributed by atoms with van der Waals surface area (Å²) in [5.41, 5.74) is 2.26. The average Bonchev–Trinajstić information content (AvgIpc) is 2.82. The van der Waals surface area contributed by atoms with Crippen molar-refractivity contribution in [2.45, 2.75) is 13.2 Å². The van der Waals surface area contributed by atoms with Crippen molar-refractivity contribution in [1.82, 2.24) is 0 Å². The number of hydrogen-bond donors (Lipinski definition) is 2. The number of hydrogen-bond acceptors (Lipinski definition) is 4. The van der Waals surface area contributed by atoms with Gasteiger partial charge in [0.25, 0.3) is 0 Å². The van der Waals surface area contributed by atoms with Crippen molar-refractivity contribution in [3.05, 3.63) is 100 Å². The van der Waals surface area contributed by atoms with Crippen LogP contribution in [0.25, 0.3) is 10.8 Å². The molecule has 4 rings (SSSR count). The summed E-state index contributed by atoms with van der Waals surface area (Å²) in [4.78, 5) is 11.4. The zero-order valence-electron chi connectivity index (χ0n) is 17.8. The predicted molar refractivity (Wildman–Crippen MR) is 127 cm³/mol. The van der Waals surface area contributed by atoms with Crippen LogP contribution in [0.5, 0.6) is 11.5 Å². The van der Waals surface area contributed by atoms with E-state index in [1.165, 1.54) is 31.4 Å². The Bertz CT molecular complexity index is 1330. The second-order valence-electron chi connectivity index (χ2n) is 7.36. The highest BCUT2D eigenvalue weighted by Crippen LogP contribution is 2.32. The molecule has 0 aromatic heterocycles. The van der Waals surface area contributed by atoms with Gasteiger partial charge >= 0.3 is 5.97 Å². The monoisotopic (exact) mass is 465 g/mol. The minimum Gasteiger partial charge on any atom is -0.495 e. The number of anilines is 1. The van der Waals surface area contributed by atoms with Crippen LogP contribution in [-0.2, 0) is 13.2 Å². The highest BCUT2D eigenvalue weighted by molar-refractivity contribution is 6.31. The standard InChI is InChI=1S/C26H21ClFNO4/c1-32-25-11-8-17(26(30)31)12-23(25)29-14-21-20-5-3-2-4-16(20)7-10-24(21)33-15-18-6-9-19(28)13-22(18)27/h2-13,29H,14-15H2,1H3,(H,30,31). The lowest BCUT2D eigenvalue weighted by Crippen LogP contribution is -2.07. The lowest BCUT2D eigenvalue weighted by atomic mass is 10.0. The zero-order valence-corrected chi connectivity index (χ0v) is 18.5. The number of halogens is 2. The Balaban J connectivity index is 1.66. The Hall–Kier alpha value is -3.77. The average molecular weight is 466 g/mol. The first-order chi connectivity index (χ1) is 16.0. The van der Waals surface area contributed by atoms with E-state index in [1.807, 2.05) is 36.4 Å². The molecule has 7 heteroatoms. The van der Waals surface area contributed by atoms with E-state index in [4.69, 9.17) is 21.1 Å². The normalized spacial score (nSPS) is 10.8. The van der Waals surface area contributed by atoms with Crippen LogP contribution in [0.2, 0.25) is 5.02 Å². The van der Waals surface area contributed by atoms with Crippen LogP contribution in [0.4, 0.5) is 10.1 Å². The summed E-state index contributed by atoms with van der Waals surface area (Å²) in [5, 5.41) is 14.9. The third-order valence-electron chi connectivity index (χ3n) is 5.30. The van der Waals surface area contributed by atoms with E-state index in [9.17, 15) is 14.3 Å². The lowest BCUT2D eigenvalue weighted by molar-refractivity contribution is 0.0697. The zero-order chi connectivity index (χ0) is 23.4. The molecule has 168 valence electrons. The van der Waals surface area contributed by atoms with E-state index in [0.29, 0.717) is 34.3 Å². The smallest absolute Gasteiger partial charge is 0.335 e. The lowest BCUT2D eigenvalue weighted by Gasteiger charge is -2.17. The molecule has 0 fully saturated rings. The minimum atomic E-state index is -1.02. The number of nitrogens with one attached hydrogen (secondary N) is 1. The van der Waals surface area contributed by atoms with Gasteiger partial charge in [-0.3, -0.25) is 0 Å². The highest BCUT2D eigenvalue weighted by atomic mass is 35.5. The summed E-state index contributed by atoms with van der Waals surface area (Å²) >= 11 is 6.15. The number of ether oxygens (including phenoxy) is 2. The number of fused-ring (bicyclic) bond motifs is 1. The van der Waals surface area contributed by atoms with Gasteiger partial charge in [0.2, 0.25) is 0 Å². The first kappa shape index (κ1) is 22.4. The van der Waals surface area contributed by atoms with Crippen LogP contribution in [0, 0.1) is 5.82 Å². The van der Waals surface area contributed by atoms with Gasteiger partial charge in [-0.15, -0.1) is 0 Å². The maximum Gasteiger partial charge on any atom is 0.335 e. The summed E-state index contributed by atoms with van der Waals surface area (Å²) < 4.78 is 24.8. The van der Waals surface area contributed by atoms with Crippen molar-refractivity contribution in [2.24, 2.45) is 0 Å². The van der Waals surface area contributed by atoms with Crippen LogP contribution >= 0.6 is 11.6 Å². The summed E-state index contributed by atoms with van der Waals surface area (Å²) in [6.07, 6.45) is 0. The molecule has 0 saturated carbocycles. The van der Waals surface area contributed by atoms with E-state index in [1.54, 1.807) is 12.1 Å². The van der Waals surface area contributed by atoms with Gasteiger partial charge in [0.1, 0.15) is 23.9 Å². The van der Waals surface area contributed by atoms with Crippen LogP contribution in [0.15, 0.2) is 72.8 Å². The van der Waals surface area contributed by atoms with E-state index < -0.39 is 11.8 Å². The van der Waals surface area contributed by atoms with Gasteiger partial charge in [0.15, 0.2) is 0 Å². The summed E-state index contributed by atoms with van der Waals surface area (Å²) in [6, 6.07) is 20.6. The topological polar surface area (TPSA) is 67.8 Å². The summed E-state index contributed by atoms with van der Waals surface area (Å²) in [6.45, 7) is 0.523. The Morgan fingerprint density at radius 2 is 1.82 bits per heavy atom. The van der Waals surface area contributed by atoms with Crippen molar-refractivity contribution >= 4 is 34.0 Å². The Labute approximate surface area is 195 Å². The maximum absolute atomic E-state index is 13.4. The van der Waals surface area contributed by atoms with E-state index in [0.717, 1.165) is 16.3 Å². The molecule has 0 aliphatic rings. The van der Waals surface area contributed by atoms with Gasteiger partial charge in [-0.1, -0.05) is 48.0 Å². The molecule has 0 radical (unpaired) electrons. The molecule has 0 spiro atoms. The summed E-state index contributed by atoms with van der Waals surface area (Å²) in [7, 11) is 1.53. The molecule has 0 heterocycles. The van der Waals surface area contributed by atoms with E-state index in [2.05, 4.69) is 5.32 Å². The number of carboxylic acids is 1. The molecule has 0 unspecified atom stereocenters.